The van der Waals surface area contributed by atoms with Crippen molar-refractivity contribution in [1.29, 1.82) is 5.26 Å². The lowest BCUT2D eigenvalue weighted by Gasteiger charge is -2.06. The summed E-state index contributed by atoms with van der Waals surface area (Å²) in [4.78, 5) is 16.6. The van der Waals surface area contributed by atoms with Crippen molar-refractivity contribution in [2.24, 2.45) is 0 Å². The van der Waals surface area contributed by atoms with Crippen LogP contribution in [0.5, 0.6) is 0 Å². The van der Waals surface area contributed by atoms with Gasteiger partial charge < -0.3 is 0 Å². The first-order valence-corrected chi connectivity index (χ1v) is 8.37. The van der Waals surface area contributed by atoms with Crippen molar-refractivity contribution in [3.05, 3.63) is 64.1 Å². The number of thiazole rings is 1. The molecule has 0 aliphatic carbocycles. The number of aromatic nitrogens is 1. The van der Waals surface area contributed by atoms with Gasteiger partial charge in [-0.05, 0) is 29.7 Å². The number of ketones is 1. The van der Waals surface area contributed by atoms with E-state index >= 15 is 0 Å². The molecule has 0 fully saturated rings. The first kappa shape index (κ1) is 15.4. The quantitative estimate of drug-likeness (QED) is 0.699. The molecule has 23 heavy (non-hydrogen) atoms. The van der Waals surface area contributed by atoms with Gasteiger partial charge in [0.05, 0.1) is 6.07 Å². The second kappa shape index (κ2) is 6.72. The summed E-state index contributed by atoms with van der Waals surface area (Å²) in [7, 11) is 0. The van der Waals surface area contributed by atoms with Gasteiger partial charge in [0.25, 0.3) is 0 Å². The Bertz CT molecular complexity index is 892. The molecule has 2 aromatic carbocycles. The molecule has 1 atom stereocenters. The van der Waals surface area contributed by atoms with Gasteiger partial charge in [0, 0.05) is 17.5 Å². The van der Waals surface area contributed by atoms with Crippen molar-refractivity contribution in [2.75, 3.05) is 0 Å². The van der Waals surface area contributed by atoms with E-state index in [4.69, 9.17) is 0 Å². The normalized spacial score (nSPS) is 12.0. The molecule has 0 unspecified atom stereocenters. The van der Waals surface area contributed by atoms with Gasteiger partial charge in [-0.1, -0.05) is 42.5 Å². The highest BCUT2D eigenvalue weighted by molar-refractivity contribution is 7.09. The Hall–Kier alpha value is -2.51. The van der Waals surface area contributed by atoms with E-state index in [1.165, 1.54) is 22.1 Å². The molecule has 1 heterocycles. The number of carbonyl (C=O) groups is 1. The third-order valence-electron chi connectivity index (χ3n) is 3.81. The molecule has 3 aromatic rings. The molecule has 0 aliphatic heterocycles. The van der Waals surface area contributed by atoms with Crippen LogP contribution in [0.4, 0.5) is 0 Å². The Labute approximate surface area is 139 Å². The summed E-state index contributed by atoms with van der Waals surface area (Å²) in [5.41, 5.74) is 1.97. The summed E-state index contributed by atoms with van der Waals surface area (Å²) in [6.07, 6.45) is 1.00. The first-order chi connectivity index (χ1) is 11.2. The minimum atomic E-state index is -0.742. The maximum atomic E-state index is 12.4. The van der Waals surface area contributed by atoms with Crippen molar-refractivity contribution in [2.45, 2.75) is 25.7 Å². The lowest BCUT2D eigenvalue weighted by atomic mass is 9.98. The van der Waals surface area contributed by atoms with Gasteiger partial charge in [0.2, 0.25) is 0 Å². The predicted octanol–water partition coefficient (Wildman–Crippen LogP) is 4.41. The molecule has 0 saturated carbocycles. The maximum Gasteiger partial charge on any atom is 0.157 e. The van der Waals surface area contributed by atoms with E-state index in [0.717, 1.165) is 11.3 Å². The number of hydrogen-bond acceptors (Lipinski definition) is 4. The zero-order valence-corrected chi connectivity index (χ0v) is 13.6. The molecule has 0 bridgehead atoms. The van der Waals surface area contributed by atoms with Crippen LogP contribution in [0.1, 0.15) is 28.6 Å². The highest BCUT2D eigenvalue weighted by Gasteiger charge is 2.22. The average molecular weight is 320 g/mol. The summed E-state index contributed by atoms with van der Waals surface area (Å²) in [5.74, 6) is -0.802. The van der Waals surface area contributed by atoms with Crippen molar-refractivity contribution < 1.29 is 4.79 Å². The van der Waals surface area contributed by atoms with Crippen molar-refractivity contribution in [3.63, 3.8) is 0 Å². The van der Waals surface area contributed by atoms with Crippen molar-refractivity contribution >= 4 is 27.9 Å². The molecule has 114 valence electrons. The lowest BCUT2D eigenvalue weighted by Crippen LogP contribution is -2.11. The number of aryl methyl sites for hydroxylation is 2. The Kier molecular flexibility index (Phi) is 4.50. The Morgan fingerprint density at radius 3 is 2.74 bits per heavy atom. The average Bonchev–Trinajstić information content (AvgIpc) is 2.99. The van der Waals surface area contributed by atoms with E-state index in [-0.39, 0.29) is 5.78 Å². The van der Waals surface area contributed by atoms with Gasteiger partial charge >= 0.3 is 0 Å². The molecule has 0 aliphatic rings. The summed E-state index contributed by atoms with van der Waals surface area (Å²) < 4.78 is 0. The highest BCUT2D eigenvalue weighted by atomic mass is 32.1. The smallest absolute Gasteiger partial charge is 0.157 e. The summed E-state index contributed by atoms with van der Waals surface area (Å²) in [5, 5.41) is 14.1. The minimum Gasteiger partial charge on any atom is -0.298 e. The van der Waals surface area contributed by atoms with Crippen LogP contribution >= 0.6 is 11.3 Å². The number of rotatable bonds is 5. The molecule has 0 saturated heterocycles. The monoisotopic (exact) mass is 320 g/mol. The van der Waals surface area contributed by atoms with E-state index in [2.05, 4.69) is 35.3 Å². The number of nitriles is 1. The van der Waals surface area contributed by atoms with Gasteiger partial charge in [0.1, 0.15) is 5.01 Å². The Morgan fingerprint density at radius 2 is 2.04 bits per heavy atom. The van der Waals surface area contributed by atoms with Gasteiger partial charge in [-0.3, -0.25) is 4.79 Å². The van der Waals surface area contributed by atoms with Gasteiger partial charge in [-0.25, -0.2) is 4.98 Å². The second-order valence-corrected chi connectivity index (χ2v) is 6.43. The van der Waals surface area contributed by atoms with Crippen LogP contribution in [-0.2, 0) is 11.2 Å². The molecule has 0 amide bonds. The van der Waals surface area contributed by atoms with Crippen LogP contribution in [0, 0.1) is 18.3 Å². The van der Waals surface area contributed by atoms with E-state index in [1.54, 1.807) is 0 Å². The van der Waals surface area contributed by atoms with E-state index < -0.39 is 5.92 Å². The van der Waals surface area contributed by atoms with Crippen LogP contribution in [0.25, 0.3) is 10.8 Å². The highest BCUT2D eigenvalue weighted by Crippen LogP contribution is 2.23. The fourth-order valence-electron chi connectivity index (χ4n) is 2.58. The first-order valence-electron chi connectivity index (χ1n) is 7.49. The summed E-state index contributed by atoms with van der Waals surface area (Å²) >= 11 is 1.38. The predicted molar refractivity (Wildman–Crippen MR) is 92.5 cm³/mol. The summed E-state index contributed by atoms with van der Waals surface area (Å²) in [6.45, 7) is 1.87. The molecule has 0 spiro atoms. The number of carbonyl (C=O) groups excluding carboxylic acids is 1. The van der Waals surface area contributed by atoms with Crippen molar-refractivity contribution in [3.8, 4) is 6.07 Å². The van der Waals surface area contributed by atoms with Crippen LogP contribution < -0.4 is 0 Å². The number of nitrogens with zero attached hydrogens (tertiary/aromatic N) is 2. The number of hydrogen-bond donors (Lipinski definition) is 0. The Morgan fingerprint density at radius 1 is 1.26 bits per heavy atom. The minimum absolute atomic E-state index is 0.0602. The van der Waals surface area contributed by atoms with Crippen LogP contribution in [0.3, 0.4) is 0 Å². The molecule has 0 radical (unpaired) electrons. The number of benzene rings is 2. The third kappa shape index (κ3) is 3.46. The zero-order valence-electron chi connectivity index (χ0n) is 12.8. The molecule has 0 N–H and O–H groups in total. The van der Waals surface area contributed by atoms with Gasteiger partial charge in [-0.15, -0.1) is 11.3 Å². The van der Waals surface area contributed by atoms with Crippen LogP contribution in [-0.4, -0.2) is 10.8 Å². The molecule has 3 nitrogen and oxygen atoms in total. The molecule has 4 heteroatoms. The van der Waals surface area contributed by atoms with Crippen LogP contribution in [0.15, 0.2) is 47.8 Å². The maximum absolute atomic E-state index is 12.4. The van der Waals surface area contributed by atoms with E-state index in [1.807, 2.05) is 30.5 Å². The van der Waals surface area contributed by atoms with Gasteiger partial charge in [0.15, 0.2) is 11.7 Å². The summed E-state index contributed by atoms with van der Waals surface area (Å²) in [6, 6.07) is 16.5. The number of fused-ring (bicyclic) bond motifs is 1. The molecular formula is C19H16N2OS. The lowest BCUT2D eigenvalue weighted by molar-refractivity contribution is -0.119. The second-order valence-electron chi connectivity index (χ2n) is 5.54. The SMILES string of the molecule is Cc1csc([C@H](C#N)C(=O)CCc2ccc3ccccc3c2)n1. The van der Waals surface area contributed by atoms with Crippen molar-refractivity contribution in [1.82, 2.24) is 4.98 Å². The molecule has 3 rings (SSSR count). The Balaban J connectivity index is 1.71. The number of Topliss-reactive ketones (excluding diaryl/α,β-unsaturated/α-hetero) is 1. The zero-order chi connectivity index (χ0) is 16.2. The topological polar surface area (TPSA) is 53.8 Å². The third-order valence-corrected chi connectivity index (χ3v) is 4.84. The fourth-order valence-corrected chi connectivity index (χ4v) is 3.44. The van der Waals surface area contributed by atoms with Gasteiger partial charge in [-0.2, -0.15) is 5.26 Å². The fraction of sp³-hybridized carbons (Fsp3) is 0.211. The molecule has 1 aromatic heterocycles. The molecular weight excluding hydrogens is 304 g/mol. The largest absolute Gasteiger partial charge is 0.298 e. The van der Waals surface area contributed by atoms with E-state index in [9.17, 15) is 10.1 Å². The van der Waals surface area contributed by atoms with E-state index in [0.29, 0.717) is 17.8 Å². The van der Waals surface area contributed by atoms with Crippen LogP contribution in [0.2, 0.25) is 0 Å². The standard InChI is InChI=1S/C19H16N2OS/c1-13-12-23-19(21-13)17(11-20)18(22)9-7-14-6-8-15-4-2-3-5-16(15)10-14/h2-6,8,10,12,17H,7,9H2,1H3/t17-/m1/s1.